The Labute approximate surface area is 176 Å². The molecule has 2 unspecified atom stereocenters. The molecule has 1 aliphatic carbocycles. The molecule has 0 N–H and O–H groups in total. The average Bonchev–Trinajstić information content (AvgIpc) is 3.46. The van der Waals surface area contributed by atoms with E-state index in [4.69, 9.17) is 0 Å². The van der Waals surface area contributed by atoms with Crippen LogP contribution in [-0.4, -0.2) is 42.5 Å². The van der Waals surface area contributed by atoms with Crippen molar-refractivity contribution in [2.75, 3.05) is 32.7 Å². The molecule has 2 heteroatoms. The number of hydrogen-bond donors (Lipinski definition) is 0. The maximum atomic E-state index is 2.66. The van der Waals surface area contributed by atoms with E-state index in [1.165, 1.54) is 80.7 Å². The zero-order valence-electron chi connectivity index (χ0n) is 17.8. The van der Waals surface area contributed by atoms with E-state index in [2.05, 4.69) is 71.3 Å². The third kappa shape index (κ3) is 4.34. The van der Waals surface area contributed by atoms with Crippen LogP contribution in [0.15, 0.2) is 54.6 Å². The van der Waals surface area contributed by atoms with Crippen LogP contribution >= 0.6 is 0 Å². The predicted molar refractivity (Wildman–Crippen MR) is 122 cm³/mol. The molecule has 2 aliphatic heterocycles. The highest BCUT2D eigenvalue weighted by Crippen LogP contribution is 2.43. The lowest BCUT2D eigenvalue weighted by Gasteiger charge is -2.18. The minimum Gasteiger partial charge on any atom is -0.303 e. The van der Waals surface area contributed by atoms with Crippen LogP contribution in [0.4, 0.5) is 0 Å². The van der Waals surface area contributed by atoms with Crippen LogP contribution < -0.4 is 0 Å². The second kappa shape index (κ2) is 8.45. The van der Waals surface area contributed by atoms with Gasteiger partial charge in [0.05, 0.1) is 0 Å². The second-order valence-corrected chi connectivity index (χ2v) is 9.44. The monoisotopic (exact) mass is 386 g/mol. The van der Waals surface area contributed by atoms with Crippen LogP contribution in [0.2, 0.25) is 0 Å². The first-order chi connectivity index (χ1) is 14.2. The van der Waals surface area contributed by atoms with E-state index in [-0.39, 0.29) is 0 Å². The van der Waals surface area contributed by atoms with Crippen LogP contribution in [0.1, 0.15) is 41.5 Å². The number of allylic oxidation sites excluding steroid dienone is 1. The molecule has 2 fully saturated rings. The summed E-state index contributed by atoms with van der Waals surface area (Å²) in [6.45, 7) is 9.53. The van der Waals surface area contributed by atoms with Gasteiger partial charge in [0, 0.05) is 32.1 Å². The molecule has 2 nitrogen and oxygen atoms in total. The summed E-state index contributed by atoms with van der Waals surface area (Å²) in [5.74, 6) is 1.53. The van der Waals surface area contributed by atoms with E-state index in [1.807, 2.05) is 0 Å². The standard InChI is InChI=1S/C27H34N2/c1-21-4-6-23(7-5-21)18-29-19-25-12-13-26(27(25)20-29)24-10-8-22(9-11-24)14-17-28-15-2-3-16-28/h4-11,13,25,27H,2-3,12,14-20H2,1H3. The zero-order valence-corrected chi connectivity index (χ0v) is 17.8. The molecule has 29 heavy (non-hydrogen) atoms. The topological polar surface area (TPSA) is 6.48 Å². The van der Waals surface area contributed by atoms with Gasteiger partial charge in [0.1, 0.15) is 0 Å². The SMILES string of the molecule is Cc1ccc(CN2CC3CC=C(c4ccc(CCN5CCCC5)cc4)C3C2)cc1. The number of rotatable bonds is 6. The van der Waals surface area contributed by atoms with Gasteiger partial charge in [0.2, 0.25) is 0 Å². The van der Waals surface area contributed by atoms with Crippen LogP contribution in [0.5, 0.6) is 0 Å². The summed E-state index contributed by atoms with van der Waals surface area (Å²) in [4.78, 5) is 5.27. The first kappa shape index (κ1) is 19.1. The molecule has 2 heterocycles. The van der Waals surface area contributed by atoms with Crippen molar-refractivity contribution in [3.8, 4) is 0 Å². The van der Waals surface area contributed by atoms with Crippen molar-refractivity contribution in [3.05, 3.63) is 76.9 Å². The molecular weight excluding hydrogens is 352 g/mol. The number of likely N-dealkylation sites (tertiary alicyclic amines) is 2. The molecule has 3 aliphatic rings. The smallest absolute Gasteiger partial charge is 0.0234 e. The zero-order chi connectivity index (χ0) is 19.6. The molecule has 2 atom stereocenters. The second-order valence-electron chi connectivity index (χ2n) is 9.44. The lowest BCUT2D eigenvalue weighted by atomic mass is 9.90. The number of hydrogen-bond acceptors (Lipinski definition) is 2. The maximum absolute atomic E-state index is 2.66. The fourth-order valence-electron chi connectivity index (χ4n) is 5.55. The van der Waals surface area contributed by atoms with Crippen molar-refractivity contribution in [2.45, 2.75) is 39.2 Å². The number of nitrogens with zero attached hydrogens (tertiary/aromatic N) is 2. The molecule has 0 bridgehead atoms. The van der Waals surface area contributed by atoms with E-state index in [9.17, 15) is 0 Å². The van der Waals surface area contributed by atoms with Crippen molar-refractivity contribution in [3.63, 3.8) is 0 Å². The highest BCUT2D eigenvalue weighted by Gasteiger charge is 2.38. The van der Waals surface area contributed by atoms with Gasteiger partial charge in [-0.3, -0.25) is 4.90 Å². The van der Waals surface area contributed by atoms with Crippen LogP contribution in [0.25, 0.3) is 5.57 Å². The van der Waals surface area contributed by atoms with Gasteiger partial charge in [-0.1, -0.05) is 60.2 Å². The summed E-state index contributed by atoms with van der Waals surface area (Å²) in [6, 6.07) is 18.6. The summed E-state index contributed by atoms with van der Waals surface area (Å²) < 4.78 is 0. The number of benzene rings is 2. The summed E-state index contributed by atoms with van der Waals surface area (Å²) >= 11 is 0. The van der Waals surface area contributed by atoms with E-state index < -0.39 is 0 Å². The first-order valence-electron chi connectivity index (χ1n) is 11.5. The first-order valence-corrected chi connectivity index (χ1v) is 11.5. The summed E-state index contributed by atoms with van der Waals surface area (Å²) in [7, 11) is 0. The minimum atomic E-state index is 0.718. The van der Waals surface area contributed by atoms with Crippen LogP contribution in [0.3, 0.4) is 0 Å². The fraction of sp³-hybridized carbons (Fsp3) is 0.481. The summed E-state index contributed by atoms with van der Waals surface area (Å²) in [5, 5.41) is 0. The Morgan fingerprint density at radius 1 is 0.828 bits per heavy atom. The van der Waals surface area contributed by atoms with Crippen LogP contribution in [-0.2, 0) is 13.0 Å². The van der Waals surface area contributed by atoms with Crippen molar-refractivity contribution in [1.82, 2.24) is 9.80 Å². The van der Waals surface area contributed by atoms with Crippen molar-refractivity contribution >= 4 is 5.57 Å². The average molecular weight is 387 g/mol. The maximum Gasteiger partial charge on any atom is 0.0234 e. The molecule has 0 spiro atoms. The normalized spacial score (nSPS) is 24.8. The number of aryl methyl sites for hydroxylation is 1. The molecule has 2 saturated heterocycles. The highest BCUT2D eigenvalue weighted by molar-refractivity contribution is 5.70. The molecule has 0 amide bonds. The molecule has 152 valence electrons. The Bertz CT molecular complexity index is 843. The van der Waals surface area contributed by atoms with Gasteiger partial charge < -0.3 is 4.90 Å². The van der Waals surface area contributed by atoms with Gasteiger partial charge in [-0.05, 0) is 73.9 Å². The molecule has 0 aromatic heterocycles. The number of fused-ring (bicyclic) bond motifs is 1. The molecule has 0 radical (unpaired) electrons. The van der Waals surface area contributed by atoms with Gasteiger partial charge in [-0.15, -0.1) is 0 Å². The van der Waals surface area contributed by atoms with Gasteiger partial charge >= 0.3 is 0 Å². The molecule has 5 rings (SSSR count). The molecule has 2 aromatic rings. The highest BCUT2D eigenvalue weighted by atomic mass is 15.2. The third-order valence-electron chi connectivity index (χ3n) is 7.29. The van der Waals surface area contributed by atoms with E-state index >= 15 is 0 Å². The van der Waals surface area contributed by atoms with Crippen molar-refractivity contribution < 1.29 is 0 Å². The molecule has 2 aromatic carbocycles. The Hall–Kier alpha value is -1.90. The summed E-state index contributed by atoms with van der Waals surface area (Å²) in [6.07, 6.45) is 7.74. The summed E-state index contributed by atoms with van der Waals surface area (Å²) in [5.41, 5.74) is 7.35. The van der Waals surface area contributed by atoms with E-state index in [0.717, 1.165) is 18.4 Å². The Morgan fingerprint density at radius 3 is 2.31 bits per heavy atom. The Balaban J connectivity index is 1.19. The van der Waals surface area contributed by atoms with Gasteiger partial charge in [0.25, 0.3) is 0 Å². The lowest BCUT2D eigenvalue weighted by molar-refractivity contribution is 0.315. The van der Waals surface area contributed by atoms with Crippen molar-refractivity contribution in [2.24, 2.45) is 11.8 Å². The predicted octanol–water partition coefficient (Wildman–Crippen LogP) is 5.17. The third-order valence-corrected chi connectivity index (χ3v) is 7.29. The van der Waals surface area contributed by atoms with Gasteiger partial charge in [0.15, 0.2) is 0 Å². The molecular formula is C27H34N2. The quantitative estimate of drug-likeness (QED) is 0.676. The van der Waals surface area contributed by atoms with E-state index in [0.29, 0.717) is 0 Å². The Morgan fingerprint density at radius 2 is 1.55 bits per heavy atom. The fourth-order valence-corrected chi connectivity index (χ4v) is 5.55. The van der Waals surface area contributed by atoms with Crippen LogP contribution in [0, 0.1) is 18.8 Å². The minimum absolute atomic E-state index is 0.718. The van der Waals surface area contributed by atoms with Gasteiger partial charge in [-0.25, -0.2) is 0 Å². The van der Waals surface area contributed by atoms with Crippen molar-refractivity contribution in [1.29, 1.82) is 0 Å². The van der Waals surface area contributed by atoms with E-state index in [1.54, 1.807) is 5.57 Å². The largest absolute Gasteiger partial charge is 0.303 e. The lowest BCUT2D eigenvalue weighted by Crippen LogP contribution is -2.21. The molecule has 0 saturated carbocycles. The Kier molecular flexibility index (Phi) is 5.56. The van der Waals surface area contributed by atoms with Gasteiger partial charge in [-0.2, -0.15) is 0 Å².